The summed E-state index contributed by atoms with van der Waals surface area (Å²) in [5.41, 5.74) is 2.33. The zero-order valence-corrected chi connectivity index (χ0v) is 13.9. The minimum absolute atomic E-state index is 0.120. The quantitative estimate of drug-likeness (QED) is 0.941. The number of carbonyl (C=O) groups is 1. The first-order valence-corrected chi connectivity index (χ1v) is 8.81. The van der Waals surface area contributed by atoms with Crippen LogP contribution in [-0.2, 0) is 6.54 Å². The second kappa shape index (κ2) is 6.40. The largest absolute Gasteiger partial charge is 0.339 e. The first-order chi connectivity index (χ1) is 11.7. The van der Waals surface area contributed by atoms with Gasteiger partial charge in [0.2, 0.25) is 0 Å². The van der Waals surface area contributed by atoms with Crippen molar-refractivity contribution < 1.29 is 4.79 Å². The van der Waals surface area contributed by atoms with Crippen LogP contribution in [0.15, 0.2) is 42.7 Å². The highest BCUT2D eigenvalue weighted by molar-refractivity contribution is 5.93. The van der Waals surface area contributed by atoms with Crippen molar-refractivity contribution in [2.75, 3.05) is 26.2 Å². The number of piperidine rings is 1. The molecule has 1 aromatic carbocycles. The Balaban J connectivity index is 1.38. The lowest BCUT2D eigenvalue weighted by Crippen LogP contribution is -2.43. The SMILES string of the molecule is O=C(c1cnn(Cc2ccccc2)c1)N1CCC2(CCNC2)CC1. The number of hydrogen-bond acceptors (Lipinski definition) is 3. The third-order valence-corrected chi connectivity index (χ3v) is 5.51. The predicted molar refractivity (Wildman–Crippen MR) is 92.8 cm³/mol. The molecular formula is C19H24N4O. The molecule has 3 heterocycles. The fourth-order valence-corrected chi connectivity index (χ4v) is 3.92. The fraction of sp³-hybridized carbons (Fsp3) is 0.474. The number of aromatic nitrogens is 2. The number of hydrogen-bond donors (Lipinski definition) is 1. The van der Waals surface area contributed by atoms with Gasteiger partial charge in [0.15, 0.2) is 0 Å². The Morgan fingerprint density at radius 1 is 1.17 bits per heavy atom. The van der Waals surface area contributed by atoms with E-state index in [4.69, 9.17) is 0 Å². The van der Waals surface area contributed by atoms with Crippen LogP contribution in [0.4, 0.5) is 0 Å². The second-order valence-corrected chi connectivity index (χ2v) is 7.13. The molecule has 5 heteroatoms. The molecule has 0 atom stereocenters. The number of nitrogens with zero attached hydrogens (tertiary/aromatic N) is 3. The van der Waals surface area contributed by atoms with Crippen LogP contribution in [0.25, 0.3) is 0 Å². The molecule has 1 N–H and O–H groups in total. The minimum Gasteiger partial charge on any atom is -0.339 e. The number of amides is 1. The highest BCUT2D eigenvalue weighted by Crippen LogP contribution is 2.37. The normalized spacial score (nSPS) is 19.8. The maximum Gasteiger partial charge on any atom is 0.257 e. The first kappa shape index (κ1) is 15.4. The fourth-order valence-electron chi connectivity index (χ4n) is 3.92. The molecule has 0 aliphatic carbocycles. The second-order valence-electron chi connectivity index (χ2n) is 7.13. The van der Waals surface area contributed by atoms with Crippen molar-refractivity contribution in [3.05, 3.63) is 53.9 Å². The van der Waals surface area contributed by atoms with E-state index in [9.17, 15) is 4.79 Å². The maximum atomic E-state index is 12.7. The molecule has 0 saturated carbocycles. The average molecular weight is 324 g/mol. The van der Waals surface area contributed by atoms with Crippen molar-refractivity contribution in [1.82, 2.24) is 20.0 Å². The van der Waals surface area contributed by atoms with Crippen LogP contribution in [-0.4, -0.2) is 46.8 Å². The molecule has 2 aliphatic rings. The standard InChI is InChI=1S/C19H24N4O/c24-18(22-10-7-19(8-11-22)6-9-20-15-19)17-12-21-23(14-17)13-16-4-2-1-3-5-16/h1-5,12,14,20H,6-11,13,15H2. The van der Waals surface area contributed by atoms with E-state index in [1.54, 1.807) is 6.20 Å². The zero-order valence-electron chi connectivity index (χ0n) is 13.9. The summed E-state index contributed by atoms with van der Waals surface area (Å²) in [6, 6.07) is 10.2. The molecule has 2 aliphatic heterocycles. The van der Waals surface area contributed by atoms with E-state index in [0.29, 0.717) is 17.5 Å². The zero-order chi connectivity index (χ0) is 16.4. The topological polar surface area (TPSA) is 50.2 Å². The molecule has 126 valence electrons. The van der Waals surface area contributed by atoms with Gasteiger partial charge in [0, 0.05) is 25.8 Å². The van der Waals surface area contributed by atoms with E-state index in [2.05, 4.69) is 22.5 Å². The Bertz CT molecular complexity index is 693. The molecular weight excluding hydrogens is 300 g/mol. The van der Waals surface area contributed by atoms with Crippen molar-refractivity contribution in [2.45, 2.75) is 25.8 Å². The van der Waals surface area contributed by atoms with Gasteiger partial charge in [0.1, 0.15) is 0 Å². The highest BCUT2D eigenvalue weighted by atomic mass is 16.2. The van der Waals surface area contributed by atoms with Crippen molar-refractivity contribution in [3.8, 4) is 0 Å². The maximum absolute atomic E-state index is 12.7. The Hall–Kier alpha value is -2.14. The molecule has 24 heavy (non-hydrogen) atoms. The molecule has 0 unspecified atom stereocenters. The minimum atomic E-state index is 0.120. The van der Waals surface area contributed by atoms with E-state index >= 15 is 0 Å². The first-order valence-electron chi connectivity index (χ1n) is 8.81. The van der Waals surface area contributed by atoms with Gasteiger partial charge in [0.25, 0.3) is 5.91 Å². The van der Waals surface area contributed by atoms with Gasteiger partial charge in [0.05, 0.1) is 18.3 Å². The smallest absolute Gasteiger partial charge is 0.257 e. The average Bonchev–Trinajstić information content (AvgIpc) is 3.26. The Morgan fingerprint density at radius 2 is 1.96 bits per heavy atom. The van der Waals surface area contributed by atoms with Gasteiger partial charge in [-0.2, -0.15) is 5.10 Å². The van der Waals surface area contributed by atoms with Crippen LogP contribution in [0.3, 0.4) is 0 Å². The summed E-state index contributed by atoms with van der Waals surface area (Å²) >= 11 is 0. The number of rotatable bonds is 3. The summed E-state index contributed by atoms with van der Waals surface area (Å²) in [6.45, 7) is 4.67. The van der Waals surface area contributed by atoms with Crippen LogP contribution in [0.1, 0.15) is 35.2 Å². The number of likely N-dealkylation sites (tertiary alicyclic amines) is 1. The highest BCUT2D eigenvalue weighted by Gasteiger charge is 2.38. The molecule has 1 amide bonds. The van der Waals surface area contributed by atoms with Crippen LogP contribution < -0.4 is 5.32 Å². The molecule has 1 aromatic heterocycles. The summed E-state index contributed by atoms with van der Waals surface area (Å²) in [5, 5.41) is 7.83. The molecule has 2 fully saturated rings. The molecule has 4 rings (SSSR count). The summed E-state index contributed by atoms with van der Waals surface area (Å²) in [6.07, 6.45) is 7.06. The van der Waals surface area contributed by atoms with Gasteiger partial charge >= 0.3 is 0 Å². The summed E-state index contributed by atoms with van der Waals surface area (Å²) < 4.78 is 1.84. The number of benzene rings is 1. The number of nitrogens with one attached hydrogen (secondary N) is 1. The summed E-state index contributed by atoms with van der Waals surface area (Å²) in [4.78, 5) is 14.7. The van der Waals surface area contributed by atoms with E-state index < -0.39 is 0 Å². The molecule has 5 nitrogen and oxygen atoms in total. The lowest BCUT2D eigenvalue weighted by Gasteiger charge is -2.38. The third-order valence-electron chi connectivity index (χ3n) is 5.51. The summed E-state index contributed by atoms with van der Waals surface area (Å²) in [5.74, 6) is 0.120. The number of carbonyl (C=O) groups excluding carboxylic acids is 1. The Labute approximate surface area is 142 Å². The lowest BCUT2D eigenvalue weighted by atomic mass is 9.78. The van der Waals surface area contributed by atoms with Crippen molar-refractivity contribution >= 4 is 5.91 Å². The van der Waals surface area contributed by atoms with Crippen LogP contribution in [0, 0.1) is 5.41 Å². The van der Waals surface area contributed by atoms with Crippen LogP contribution in [0.2, 0.25) is 0 Å². The molecule has 0 radical (unpaired) electrons. The van der Waals surface area contributed by atoms with Gasteiger partial charge in [-0.15, -0.1) is 0 Å². The van der Waals surface area contributed by atoms with E-state index in [-0.39, 0.29) is 5.91 Å². The van der Waals surface area contributed by atoms with Gasteiger partial charge < -0.3 is 10.2 Å². The lowest BCUT2D eigenvalue weighted by molar-refractivity contribution is 0.0607. The monoisotopic (exact) mass is 324 g/mol. The van der Waals surface area contributed by atoms with E-state index in [1.165, 1.54) is 12.0 Å². The van der Waals surface area contributed by atoms with E-state index in [1.807, 2.05) is 34.0 Å². The molecule has 0 bridgehead atoms. The Kier molecular flexibility index (Phi) is 4.10. The molecule has 1 spiro atoms. The predicted octanol–water partition coefficient (Wildman–Crippen LogP) is 2.15. The van der Waals surface area contributed by atoms with E-state index in [0.717, 1.165) is 39.0 Å². The van der Waals surface area contributed by atoms with Gasteiger partial charge in [-0.3, -0.25) is 9.48 Å². The van der Waals surface area contributed by atoms with Crippen molar-refractivity contribution in [1.29, 1.82) is 0 Å². The van der Waals surface area contributed by atoms with Crippen molar-refractivity contribution in [2.24, 2.45) is 5.41 Å². The molecule has 2 aromatic rings. The van der Waals surface area contributed by atoms with Gasteiger partial charge in [-0.1, -0.05) is 30.3 Å². The van der Waals surface area contributed by atoms with Gasteiger partial charge in [-0.05, 0) is 36.8 Å². The van der Waals surface area contributed by atoms with Crippen LogP contribution in [0.5, 0.6) is 0 Å². The molecule has 2 saturated heterocycles. The van der Waals surface area contributed by atoms with Gasteiger partial charge in [-0.25, -0.2) is 0 Å². The van der Waals surface area contributed by atoms with Crippen molar-refractivity contribution in [3.63, 3.8) is 0 Å². The van der Waals surface area contributed by atoms with Crippen LogP contribution >= 0.6 is 0 Å². The summed E-state index contributed by atoms with van der Waals surface area (Å²) in [7, 11) is 0. The Morgan fingerprint density at radius 3 is 2.67 bits per heavy atom. The third kappa shape index (κ3) is 3.08.